The molecule has 0 atom stereocenters. The summed E-state index contributed by atoms with van der Waals surface area (Å²) in [5, 5.41) is 0. The molecule has 1 saturated heterocycles. The van der Waals surface area contributed by atoms with Crippen LogP contribution < -0.4 is 4.90 Å². The minimum atomic E-state index is -0.219. The Morgan fingerprint density at radius 3 is 2.54 bits per heavy atom. The lowest BCUT2D eigenvalue weighted by molar-refractivity contribution is 0.0747. The van der Waals surface area contributed by atoms with Gasteiger partial charge in [0.05, 0.1) is 16.7 Å². The number of para-hydroxylation sites is 1. The number of halogens is 1. The standard InChI is InChI=1S/C20H21FN4O/c1-14-22-17-13-15(7-8-19(17)23(14)2)20(26)25-11-9-24(10-12-25)18-6-4-3-5-16(18)21/h3-8,13H,9-12H2,1-2H3. The van der Waals surface area contributed by atoms with Gasteiger partial charge in [-0.25, -0.2) is 9.37 Å². The minimum absolute atomic E-state index is 0.00314. The topological polar surface area (TPSA) is 41.4 Å². The number of amides is 1. The predicted octanol–water partition coefficient (Wildman–Crippen LogP) is 2.98. The van der Waals surface area contributed by atoms with E-state index in [9.17, 15) is 9.18 Å². The number of aryl methyl sites for hydroxylation is 2. The molecule has 0 unspecified atom stereocenters. The fourth-order valence-corrected chi connectivity index (χ4v) is 3.49. The fraction of sp³-hybridized carbons (Fsp3) is 0.300. The number of benzene rings is 2. The SMILES string of the molecule is Cc1nc2cc(C(=O)N3CCN(c4ccccc4F)CC3)ccc2n1C. The monoisotopic (exact) mass is 352 g/mol. The molecule has 0 saturated carbocycles. The predicted molar refractivity (Wildman–Crippen MR) is 100.0 cm³/mol. The molecule has 0 N–H and O–H groups in total. The summed E-state index contributed by atoms with van der Waals surface area (Å²) in [6, 6.07) is 12.4. The highest BCUT2D eigenvalue weighted by Crippen LogP contribution is 2.22. The van der Waals surface area contributed by atoms with Gasteiger partial charge in [-0.05, 0) is 37.3 Å². The van der Waals surface area contributed by atoms with Crippen LogP contribution in [-0.2, 0) is 7.05 Å². The maximum absolute atomic E-state index is 13.9. The van der Waals surface area contributed by atoms with Crippen LogP contribution in [0.4, 0.5) is 10.1 Å². The van der Waals surface area contributed by atoms with Gasteiger partial charge in [0, 0.05) is 38.8 Å². The largest absolute Gasteiger partial charge is 0.366 e. The molecule has 0 aliphatic carbocycles. The summed E-state index contributed by atoms with van der Waals surface area (Å²) in [6.45, 7) is 4.34. The first-order valence-corrected chi connectivity index (χ1v) is 8.76. The van der Waals surface area contributed by atoms with E-state index in [1.807, 2.05) is 52.6 Å². The van der Waals surface area contributed by atoms with Crippen LogP contribution in [0.5, 0.6) is 0 Å². The lowest BCUT2D eigenvalue weighted by Gasteiger charge is -2.36. The molecule has 3 aromatic rings. The van der Waals surface area contributed by atoms with Crippen molar-refractivity contribution in [2.75, 3.05) is 31.1 Å². The average molecular weight is 352 g/mol. The number of aromatic nitrogens is 2. The molecule has 1 aliphatic heterocycles. The normalized spacial score (nSPS) is 14.9. The summed E-state index contributed by atoms with van der Waals surface area (Å²) in [4.78, 5) is 21.2. The van der Waals surface area contributed by atoms with E-state index in [0.29, 0.717) is 37.4 Å². The molecule has 2 aromatic carbocycles. The summed E-state index contributed by atoms with van der Waals surface area (Å²) in [5.74, 6) is 0.703. The van der Waals surface area contributed by atoms with E-state index in [-0.39, 0.29) is 11.7 Å². The van der Waals surface area contributed by atoms with Gasteiger partial charge >= 0.3 is 0 Å². The molecule has 1 amide bonds. The zero-order valence-electron chi connectivity index (χ0n) is 14.9. The first kappa shape index (κ1) is 16.6. The lowest BCUT2D eigenvalue weighted by Crippen LogP contribution is -2.49. The van der Waals surface area contributed by atoms with Crippen LogP contribution in [0.1, 0.15) is 16.2 Å². The third kappa shape index (κ3) is 2.81. The molecule has 4 rings (SSSR count). The summed E-state index contributed by atoms with van der Waals surface area (Å²) in [5.41, 5.74) is 3.10. The van der Waals surface area contributed by atoms with Gasteiger partial charge in [-0.15, -0.1) is 0 Å². The highest BCUT2D eigenvalue weighted by atomic mass is 19.1. The Morgan fingerprint density at radius 2 is 1.81 bits per heavy atom. The Kier molecular flexibility index (Phi) is 4.11. The molecule has 0 radical (unpaired) electrons. The summed E-state index contributed by atoms with van der Waals surface area (Å²) in [6.07, 6.45) is 0. The number of anilines is 1. The van der Waals surface area contributed by atoms with Crippen molar-refractivity contribution in [3.05, 3.63) is 59.7 Å². The summed E-state index contributed by atoms with van der Waals surface area (Å²) < 4.78 is 16.0. The molecular formula is C20H21FN4O. The number of piperazine rings is 1. The smallest absolute Gasteiger partial charge is 0.254 e. The highest BCUT2D eigenvalue weighted by Gasteiger charge is 2.24. The molecule has 26 heavy (non-hydrogen) atoms. The Balaban J connectivity index is 1.49. The second-order valence-corrected chi connectivity index (χ2v) is 6.65. The zero-order chi connectivity index (χ0) is 18.3. The van der Waals surface area contributed by atoms with Crippen molar-refractivity contribution in [3.63, 3.8) is 0 Å². The minimum Gasteiger partial charge on any atom is -0.366 e. The van der Waals surface area contributed by atoms with E-state index in [1.54, 1.807) is 12.1 Å². The number of fused-ring (bicyclic) bond motifs is 1. The van der Waals surface area contributed by atoms with Gasteiger partial charge in [0.2, 0.25) is 0 Å². The van der Waals surface area contributed by atoms with Gasteiger partial charge in [-0.1, -0.05) is 12.1 Å². The maximum atomic E-state index is 13.9. The summed E-state index contributed by atoms with van der Waals surface area (Å²) >= 11 is 0. The van der Waals surface area contributed by atoms with Crippen molar-refractivity contribution < 1.29 is 9.18 Å². The van der Waals surface area contributed by atoms with Crippen LogP contribution in [0.3, 0.4) is 0 Å². The second-order valence-electron chi connectivity index (χ2n) is 6.65. The van der Waals surface area contributed by atoms with Gasteiger partial charge in [0.15, 0.2) is 0 Å². The van der Waals surface area contributed by atoms with Crippen LogP contribution >= 0.6 is 0 Å². The third-order valence-electron chi connectivity index (χ3n) is 5.11. The molecule has 0 bridgehead atoms. The third-order valence-corrected chi connectivity index (χ3v) is 5.11. The Labute approximate surface area is 151 Å². The Morgan fingerprint density at radius 1 is 1.08 bits per heavy atom. The van der Waals surface area contributed by atoms with Crippen molar-refractivity contribution in [1.82, 2.24) is 14.5 Å². The maximum Gasteiger partial charge on any atom is 0.254 e. The lowest BCUT2D eigenvalue weighted by atomic mass is 10.1. The Bertz CT molecular complexity index is 973. The molecule has 1 aliphatic rings. The molecule has 1 fully saturated rings. The second kappa shape index (κ2) is 6.44. The van der Waals surface area contributed by atoms with E-state index in [4.69, 9.17) is 0 Å². The number of hydrogen-bond donors (Lipinski definition) is 0. The first-order chi connectivity index (χ1) is 12.5. The number of rotatable bonds is 2. The molecule has 1 aromatic heterocycles. The van der Waals surface area contributed by atoms with Crippen LogP contribution in [0, 0.1) is 12.7 Å². The van der Waals surface area contributed by atoms with Crippen molar-refractivity contribution in [2.45, 2.75) is 6.92 Å². The molecule has 2 heterocycles. The number of carbonyl (C=O) groups excluding carboxylic acids is 1. The van der Waals surface area contributed by atoms with Gasteiger partial charge in [-0.2, -0.15) is 0 Å². The van der Waals surface area contributed by atoms with E-state index in [0.717, 1.165) is 16.9 Å². The average Bonchev–Trinajstić information content (AvgIpc) is 2.95. The van der Waals surface area contributed by atoms with E-state index < -0.39 is 0 Å². The molecule has 0 spiro atoms. The fourth-order valence-electron chi connectivity index (χ4n) is 3.49. The highest BCUT2D eigenvalue weighted by molar-refractivity contribution is 5.97. The van der Waals surface area contributed by atoms with Crippen molar-refractivity contribution in [2.24, 2.45) is 7.05 Å². The van der Waals surface area contributed by atoms with Crippen molar-refractivity contribution in [3.8, 4) is 0 Å². The quantitative estimate of drug-likeness (QED) is 0.712. The van der Waals surface area contributed by atoms with Gasteiger partial charge in [-0.3, -0.25) is 4.79 Å². The van der Waals surface area contributed by atoms with Gasteiger partial charge in [0.1, 0.15) is 11.6 Å². The summed E-state index contributed by atoms with van der Waals surface area (Å²) in [7, 11) is 1.97. The number of imidazole rings is 1. The number of hydrogen-bond acceptors (Lipinski definition) is 3. The van der Waals surface area contributed by atoms with Crippen LogP contribution in [0.25, 0.3) is 11.0 Å². The van der Waals surface area contributed by atoms with Crippen LogP contribution in [0.2, 0.25) is 0 Å². The Hall–Kier alpha value is -2.89. The number of carbonyl (C=O) groups is 1. The van der Waals surface area contributed by atoms with Crippen molar-refractivity contribution in [1.29, 1.82) is 0 Å². The van der Waals surface area contributed by atoms with Gasteiger partial charge < -0.3 is 14.4 Å². The molecular weight excluding hydrogens is 331 g/mol. The van der Waals surface area contributed by atoms with Gasteiger partial charge in [0.25, 0.3) is 5.91 Å². The van der Waals surface area contributed by atoms with Crippen LogP contribution in [-0.4, -0.2) is 46.5 Å². The van der Waals surface area contributed by atoms with E-state index in [1.165, 1.54) is 6.07 Å². The van der Waals surface area contributed by atoms with Crippen molar-refractivity contribution >= 4 is 22.6 Å². The molecule has 6 heteroatoms. The molecule has 134 valence electrons. The molecule has 5 nitrogen and oxygen atoms in total. The zero-order valence-corrected chi connectivity index (χ0v) is 14.9. The number of nitrogens with zero attached hydrogens (tertiary/aromatic N) is 4. The van der Waals surface area contributed by atoms with E-state index in [2.05, 4.69) is 4.98 Å². The van der Waals surface area contributed by atoms with Crippen LogP contribution in [0.15, 0.2) is 42.5 Å². The van der Waals surface area contributed by atoms with E-state index >= 15 is 0 Å². The first-order valence-electron chi connectivity index (χ1n) is 8.76.